The summed E-state index contributed by atoms with van der Waals surface area (Å²) in [5.41, 5.74) is -0.205. The molecule has 110 valence electrons. The van der Waals surface area contributed by atoms with Crippen molar-refractivity contribution in [1.82, 2.24) is 15.1 Å². The van der Waals surface area contributed by atoms with Gasteiger partial charge in [0, 0.05) is 6.54 Å². The average molecular weight is 284 g/mol. The SMILES string of the molecule is CC(C)C(CNC(=O)Cn1cc([N+](=O)[O-])cn1)C(=O)O. The molecular formula is C11H16N4O5. The van der Waals surface area contributed by atoms with E-state index in [4.69, 9.17) is 5.11 Å². The van der Waals surface area contributed by atoms with E-state index in [0.29, 0.717) is 0 Å². The second-order valence-electron chi connectivity index (χ2n) is 4.65. The van der Waals surface area contributed by atoms with Crippen LogP contribution in [0.3, 0.4) is 0 Å². The Labute approximate surface area is 114 Å². The molecule has 0 radical (unpaired) electrons. The Kier molecular flexibility index (Phi) is 5.18. The maximum atomic E-state index is 11.6. The second kappa shape index (κ2) is 6.64. The number of carboxylic acids is 1. The quantitative estimate of drug-likeness (QED) is 0.546. The number of carbonyl (C=O) groups excluding carboxylic acids is 1. The summed E-state index contributed by atoms with van der Waals surface area (Å²) in [6.45, 7) is 3.32. The van der Waals surface area contributed by atoms with E-state index < -0.39 is 22.7 Å². The smallest absolute Gasteiger partial charge is 0.308 e. The highest BCUT2D eigenvalue weighted by Crippen LogP contribution is 2.10. The minimum atomic E-state index is -0.977. The molecule has 0 aliphatic carbocycles. The third-order valence-electron chi connectivity index (χ3n) is 2.78. The molecule has 2 N–H and O–H groups in total. The summed E-state index contributed by atoms with van der Waals surface area (Å²) in [5.74, 6) is -2.21. The fourth-order valence-electron chi connectivity index (χ4n) is 1.57. The maximum Gasteiger partial charge on any atom is 0.308 e. The number of hydrogen-bond acceptors (Lipinski definition) is 5. The van der Waals surface area contributed by atoms with E-state index in [1.807, 2.05) is 0 Å². The van der Waals surface area contributed by atoms with Crippen molar-refractivity contribution in [1.29, 1.82) is 0 Å². The minimum absolute atomic E-state index is 0.00912. The molecule has 1 rings (SSSR count). The van der Waals surface area contributed by atoms with Crippen molar-refractivity contribution in [2.24, 2.45) is 11.8 Å². The normalized spacial score (nSPS) is 12.2. The van der Waals surface area contributed by atoms with Crippen LogP contribution in [0.2, 0.25) is 0 Å². The third-order valence-corrected chi connectivity index (χ3v) is 2.78. The number of carboxylic acid groups (broad SMARTS) is 1. The van der Waals surface area contributed by atoms with E-state index in [-0.39, 0.29) is 24.7 Å². The van der Waals surface area contributed by atoms with Crippen LogP contribution in [0, 0.1) is 22.0 Å². The second-order valence-corrected chi connectivity index (χ2v) is 4.65. The van der Waals surface area contributed by atoms with Gasteiger partial charge in [-0.25, -0.2) is 0 Å². The van der Waals surface area contributed by atoms with Gasteiger partial charge in [-0.2, -0.15) is 5.10 Å². The van der Waals surface area contributed by atoms with Crippen molar-refractivity contribution in [3.63, 3.8) is 0 Å². The number of rotatable bonds is 7. The molecule has 0 fully saturated rings. The van der Waals surface area contributed by atoms with Crippen LogP contribution in [0.5, 0.6) is 0 Å². The van der Waals surface area contributed by atoms with Crippen LogP contribution in [0.4, 0.5) is 5.69 Å². The number of carbonyl (C=O) groups is 2. The van der Waals surface area contributed by atoms with Crippen LogP contribution in [0.1, 0.15) is 13.8 Å². The van der Waals surface area contributed by atoms with E-state index in [9.17, 15) is 19.7 Å². The van der Waals surface area contributed by atoms with Crippen LogP contribution in [-0.4, -0.2) is 38.2 Å². The van der Waals surface area contributed by atoms with Crippen molar-refractivity contribution in [2.45, 2.75) is 20.4 Å². The largest absolute Gasteiger partial charge is 0.481 e. The predicted octanol–water partition coefficient (Wildman–Crippen LogP) is 0.264. The Morgan fingerprint density at radius 1 is 1.55 bits per heavy atom. The van der Waals surface area contributed by atoms with E-state index in [1.165, 1.54) is 0 Å². The number of nitrogens with zero attached hydrogens (tertiary/aromatic N) is 3. The Hall–Kier alpha value is -2.45. The number of aliphatic carboxylic acids is 1. The first kappa shape index (κ1) is 15.6. The molecule has 0 spiro atoms. The van der Waals surface area contributed by atoms with Gasteiger partial charge in [-0.3, -0.25) is 24.4 Å². The molecule has 9 heteroatoms. The Balaban J connectivity index is 2.50. The number of aromatic nitrogens is 2. The molecule has 1 heterocycles. The first-order valence-corrected chi connectivity index (χ1v) is 5.97. The molecule has 1 aromatic rings. The summed E-state index contributed by atoms with van der Waals surface area (Å²) >= 11 is 0. The fraction of sp³-hybridized carbons (Fsp3) is 0.545. The van der Waals surface area contributed by atoms with Crippen LogP contribution >= 0.6 is 0 Å². The number of nitrogens with one attached hydrogen (secondary N) is 1. The lowest BCUT2D eigenvalue weighted by atomic mass is 9.96. The van der Waals surface area contributed by atoms with Crippen molar-refractivity contribution in [3.05, 3.63) is 22.5 Å². The molecule has 0 aliphatic rings. The van der Waals surface area contributed by atoms with Gasteiger partial charge in [0.15, 0.2) is 0 Å². The molecule has 0 saturated carbocycles. The molecule has 1 amide bonds. The zero-order valence-corrected chi connectivity index (χ0v) is 11.1. The first-order chi connectivity index (χ1) is 9.31. The zero-order chi connectivity index (χ0) is 15.3. The highest BCUT2D eigenvalue weighted by Gasteiger charge is 2.22. The van der Waals surface area contributed by atoms with Crippen molar-refractivity contribution in [2.75, 3.05) is 6.54 Å². The van der Waals surface area contributed by atoms with Gasteiger partial charge in [0.2, 0.25) is 5.91 Å². The summed E-state index contributed by atoms with van der Waals surface area (Å²) in [4.78, 5) is 32.4. The molecule has 1 aromatic heterocycles. The van der Waals surface area contributed by atoms with E-state index >= 15 is 0 Å². The molecule has 20 heavy (non-hydrogen) atoms. The number of nitro groups is 1. The van der Waals surface area contributed by atoms with Crippen LogP contribution in [0.15, 0.2) is 12.4 Å². The van der Waals surface area contributed by atoms with Gasteiger partial charge in [0.05, 0.1) is 10.8 Å². The van der Waals surface area contributed by atoms with Crippen molar-refractivity contribution in [3.8, 4) is 0 Å². The Morgan fingerprint density at radius 2 is 2.20 bits per heavy atom. The molecule has 1 unspecified atom stereocenters. The number of amides is 1. The van der Waals surface area contributed by atoms with Gasteiger partial charge in [-0.1, -0.05) is 13.8 Å². The van der Waals surface area contributed by atoms with Crippen LogP contribution < -0.4 is 5.32 Å². The summed E-state index contributed by atoms with van der Waals surface area (Å²) in [6, 6.07) is 0. The summed E-state index contributed by atoms with van der Waals surface area (Å²) < 4.78 is 1.12. The highest BCUT2D eigenvalue weighted by molar-refractivity contribution is 5.77. The Bertz CT molecular complexity index is 511. The lowest BCUT2D eigenvalue weighted by Crippen LogP contribution is -2.37. The van der Waals surface area contributed by atoms with Crippen LogP contribution in [0.25, 0.3) is 0 Å². The molecule has 0 saturated heterocycles. The molecule has 9 nitrogen and oxygen atoms in total. The molecule has 0 bridgehead atoms. The van der Waals surface area contributed by atoms with E-state index in [1.54, 1.807) is 13.8 Å². The first-order valence-electron chi connectivity index (χ1n) is 5.97. The third kappa shape index (κ3) is 4.34. The van der Waals surface area contributed by atoms with Crippen molar-refractivity contribution < 1.29 is 19.6 Å². The molecule has 0 aliphatic heterocycles. The Morgan fingerprint density at radius 3 is 2.65 bits per heavy atom. The van der Waals surface area contributed by atoms with Gasteiger partial charge in [-0.15, -0.1) is 0 Å². The monoisotopic (exact) mass is 284 g/mol. The maximum absolute atomic E-state index is 11.6. The zero-order valence-electron chi connectivity index (χ0n) is 11.1. The lowest BCUT2D eigenvalue weighted by molar-refractivity contribution is -0.385. The number of hydrogen-bond donors (Lipinski definition) is 2. The average Bonchev–Trinajstić information content (AvgIpc) is 2.76. The molecule has 1 atom stereocenters. The van der Waals surface area contributed by atoms with Gasteiger partial charge in [0.25, 0.3) is 0 Å². The van der Waals surface area contributed by atoms with E-state index in [0.717, 1.165) is 17.1 Å². The summed E-state index contributed by atoms with van der Waals surface area (Å²) in [5, 5.41) is 25.6. The van der Waals surface area contributed by atoms with E-state index in [2.05, 4.69) is 10.4 Å². The van der Waals surface area contributed by atoms with Crippen LogP contribution in [-0.2, 0) is 16.1 Å². The van der Waals surface area contributed by atoms with Gasteiger partial charge >= 0.3 is 11.7 Å². The summed E-state index contributed by atoms with van der Waals surface area (Å²) in [6.07, 6.45) is 2.18. The van der Waals surface area contributed by atoms with Crippen molar-refractivity contribution >= 4 is 17.6 Å². The molecule has 0 aromatic carbocycles. The minimum Gasteiger partial charge on any atom is -0.481 e. The highest BCUT2D eigenvalue weighted by atomic mass is 16.6. The van der Waals surface area contributed by atoms with Gasteiger partial charge in [-0.05, 0) is 5.92 Å². The standard InChI is InChI=1S/C11H16N4O5/c1-7(2)9(11(17)18)4-12-10(16)6-14-5-8(3-13-14)15(19)20/h3,5,7,9H,4,6H2,1-2H3,(H,12,16)(H,17,18). The topological polar surface area (TPSA) is 127 Å². The van der Waals surface area contributed by atoms with Gasteiger partial charge in [0.1, 0.15) is 18.9 Å². The summed E-state index contributed by atoms with van der Waals surface area (Å²) in [7, 11) is 0. The molecular weight excluding hydrogens is 268 g/mol. The van der Waals surface area contributed by atoms with Gasteiger partial charge < -0.3 is 10.4 Å². The lowest BCUT2D eigenvalue weighted by Gasteiger charge is -2.16. The predicted molar refractivity (Wildman–Crippen MR) is 67.9 cm³/mol. The fourth-order valence-corrected chi connectivity index (χ4v) is 1.57.